The van der Waals surface area contributed by atoms with Crippen molar-refractivity contribution < 1.29 is 9.53 Å². The number of amides is 1. The van der Waals surface area contributed by atoms with Gasteiger partial charge in [0.15, 0.2) is 0 Å². The van der Waals surface area contributed by atoms with Crippen molar-refractivity contribution in [1.82, 2.24) is 5.32 Å². The highest BCUT2D eigenvalue weighted by Gasteiger charge is 2.49. The molecule has 1 aliphatic rings. The lowest BCUT2D eigenvalue weighted by molar-refractivity contribution is -0.0942. The number of hydrogen-bond donors (Lipinski definition) is 1. The molecule has 0 spiro atoms. The quantitative estimate of drug-likeness (QED) is 0.925. The average molecular weight is 326 g/mol. The van der Waals surface area contributed by atoms with E-state index in [9.17, 15) is 4.79 Å². The molecule has 3 nitrogen and oxygen atoms in total. The molecule has 0 radical (unpaired) electrons. The minimum absolute atomic E-state index is 0.00794. The van der Waals surface area contributed by atoms with Crippen molar-refractivity contribution in [2.24, 2.45) is 5.41 Å². The lowest BCUT2D eigenvalue weighted by Crippen LogP contribution is -2.61. The molecule has 1 N–H and O–H groups in total. The zero-order valence-electron chi connectivity index (χ0n) is 11.8. The van der Waals surface area contributed by atoms with Crippen LogP contribution in [-0.2, 0) is 4.74 Å². The Morgan fingerprint density at radius 1 is 1.47 bits per heavy atom. The molecule has 2 rings (SSSR count). The molecular weight excluding hydrogens is 306 g/mol. The van der Waals surface area contributed by atoms with Gasteiger partial charge in [0.2, 0.25) is 0 Å². The third-order valence-electron chi connectivity index (χ3n) is 4.28. The molecule has 104 valence electrons. The largest absolute Gasteiger partial charge is 0.381 e. The minimum Gasteiger partial charge on any atom is -0.381 e. The molecule has 0 aliphatic heterocycles. The molecule has 4 heteroatoms. The highest BCUT2D eigenvalue weighted by Crippen LogP contribution is 2.42. The maximum absolute atomic E-state index is 12.3. The predicted octanol–water partition coefficient (Wildman–Crippen LogP) is 3.30. The predicted molar refractivity (Wildman–Crippen MR) is 79.3 cm³/mol. The number of carbonyl (C=O) groups is 1. The Hall–Kier alpha value is -0.870. The number of methoxy groups -OCH3 is 1. The molecule has 2 unspecified atom stereocenters. The second kappa shape index (κ2) is 5.25. The Balaban J connectivity index is 2.09. The number of benzene rings is 1. The van der Waals surface area contributed by atoms with Crippen LogP contribution < -0.4 is 5.32 Å². The summed E-state index contributed by atoms with van der Waals surface area (Å²) < 4.78 is 6.36. The van der Waals surface area contributed by atoms with Crippen LogP contribution in [0.5, 0.6) is 0 Å². The summed E-state index contributed by atoms with van der Waals surface area (Å²) in [7, 11) is 1.73. The van der Waals surface area contributed by atoms with Crippen LogP contribution in [-0.4, -0.2) is 25.2 Å². The summed E-state index contributed by atoms with van der Waals surface area (Å²) in [6.07, 6.45) is 1.10. The van der Waals surface area contributed by atoms with E-state index in [1.54, 1.807) is 7.11 Å². The second-order valence-electron chi connectivity index (χ2n) is 5.72. The summed E-state index contributed by atoms with van der Waals surface area (Å²) in [4.78, 5) is 12.3. The molecule has 1 amide bonds. The fourth-order valence-electron chi connectivity index (χ4n) is 2.62. The van der Waals surface area contributed by atoms with E-state index in [-0.39, 0.29) is 23.5 Å². The first-order valence-corrected chi connectivity index (χ1v) is 7.26. The smallest absolute Gasteiger partial charge is 0.251 e. The fourth-order valence-corrected chi connectivity index (χ4v) is 2.99. The highest BCUT2D eigenvalue weighted by atomic mass is 79.9. The first kappa shape index (κ1) is 14.5. The molecule has 0 aromatic heterocycles. The van der Waals surface area contributed by atoms with Gasteiger partial charge in [0, 0.05) is 28.6 Å². The Kier molecular flexibility index (Phi) is 4.02. The molecule has 2 atom stereocenters. The van der Waals surface area contributed by atoms with Gasteiger partial charge in [-0.25, -0.2) is 0 Å². The van der Waals surface area contributed by atoms with E-state index in [1.807, 2.05) is 25.1 Å². The third-order valence-corrected chi connectivity index (χ3v) is 5.14. The molecule has 1 aromatic rings. The standard InChI is InChI=1S/C15H20BrNO2/c1-9-10(6-5-7-11(9)16)14(18)17-12-8-13(19-4)15(12,2)3/h5-7,12-13H,8H2,1-4H3,(H,17,18). The van der Waals surface area contributed by atoms with Crippen LogP contribution in [0.1, 0.15) is 36.2 Å². The molecule has 1 fully saturated rings. The van der Waals surface area contributed by atoms with E-state index in [4.69, 9.17) is 4.74 Å². The first-order valence-electron chi connectivity index (χ1n) is 6.46. The summed E-state index contributed by atoms with van der Waals surface area (Å²) in [5.74, 6) is -0.00794. The normalized spacial score (nSPS) is 24.7. The zero-order valence-corrected chi connectivity index (χ0v) is 13.4. The summed E-state index contributed by atoms with van der Waals surface area (Å²) in [6, 6.07) is 5.86. The number of halogens is 1. The Labute approximate surface area is 122 Å². The molecule has 19 heavy (non-hydrogen) atoms. The van der Waals surface area contributed by atoms with Gasteiger partial charge in [0.05, 0.1) is 6.10 Å². The summed E-state index contributed by atoms with van der Waals surface area (Å²) >= 11 is 3.45. The van der Waals surface area contributed by atoms with Gasteiger partial charge < -0.3 is 10.1 Å². The lowest BCUT2D eigenvalue weighted by Gasteiger charge is -2.51. The summed E-state index contributed by atoms with van der Waals surface area (Å²) in [5.41, 5.74) is 1.69. The lowest BCUT2D eigenvalue weighted by atomic mass is 9.64. The van der Waals surface area contributed by atoms with Crippen molar-refractivity contribution in [3.8, 4) is 0 Å². The van der Waals surface area contributed by atoms with E-state index in [1.165, 1.54) is 0 Å². The van der Waals surface area contributed by atoms with Gasteiger partial charge in [-0.2, -0.15) is 0 Å². The fraction of sp³-hybridized carbons (Fsp3) is 0.533. The van der Waals surface area contributed by atoms with Crippen molar-refractivity contribution in [2.75, 3.05) is 7.11 Å². The topological polar surface area (TPSA) is 38.3 Å². The van der Waals surface area contributed by atoms with Crippen LogP contribution in [0.25, 0.3) is 0 Å². The average Bonchev–Trinajstić information content (AvgIpc) is 2.37. The SMILES string of the molecule is COC1CC(NC(=O)c2cccc(Br)c2C)C1(C)C. The van der Waals surface area contributed by atoms with Gasteiger partial charge in [-0.15, -0.1) is 0 Å². The summed E-state index contributed by atoms with van der Waals surface area (Å²) in [6.45, 7) is 6.20. The maximum Gasteiger partial charge on any atom is 0.251 e. The van der Waals surface area contributed by atoms with Gasteiger partial charge in [-0.05, 0) is 31.0 Å². The molecule has 1 aliphatic carbocycles. The molecule has 0 saturated heterocycles. The second-order valence-corrected chi connectivity index (χ2v) is 6.57. The molecular formula is C15H20BrNO2. The van der Waals surface area contributed by atoms with Crippen LogP contribution >= 0.6 is 15.9 Å². The van der Waals surface area contributed by atoms with Crippen LogP contribution in [0.4, 0.5) is 0 Å². The van der Waals surface area contributed by atoms with E-state index < -0.39 is 0 Å². The molecule has 0 heterocycles. The minimum atomic E-state index is -0.00960. The Morgan fingerprint density at radius 3 is 2.74 bits per heavy atom. The number of ether oxygens (including phenoxy) is 1. The van der Waals surface area contributed by atoms with E-state index in [0.29, 0.717) is 0 Å². The van der Waals surface area contributed by atoms with Crippen molar-refractivity contribution in [3.05, 3.63) is 33.8 Å². The van der Waals surface area contributed by atoms with E-state index in [0.717, 1.165) is 22.0 Å². The van der Waals surface area contributed by atoms with Crippen molar-refractivity contribution >= 4 is 21.8 Å². The van der Waals surface area contributed by atoms with Gasteiger partial charge >= 0.3 is 0 Å². The number of nitrogens with one attached hydrogen (secondary N) is 1. The van der Waals surface area contributed by atoms with Crippen LogP contribution in [0.15, 0.2) is 22.7 Å². The number of hydrogen-bond acceptors (Lipinski definition) is 2. The van der Waals surface area contributed by atoms with E-state index in [2.05, 4.69) is 35.1 Å². The maximum atomic E-state index is 12.3. The molecule has 1 aromatic carbocycles. The Bertz CT molecular complexity index is 499. The van der Waals surface area contributed by atoms with Gasteiger partial charge in [0.1, 0.15) is 0 Å². The van der Waals surface area contributed by atoms with Crippen molar-refractivity contribution in [3.63, 3.8) is 0 Å². The molecule has 0 bridgehead atoms. The van der Waals surface area contributed by atoms with Gasteiger partial charge in [-0.3, -0.25) is 4.79 Å². The highest BCUT2D eigenvalue weighted by molar-refractivity contribution is 9.10. The zero-order chi connectivity index (χ0) is 14.2. The summed E-state index contributed by atoms with van der Waals surface area (Å²) in [5, 5.41) is 3.12. The van der Waals surface area contributed by atoms with E-state index >= 15 is 0 Å². The van der Waals surface area contributed by atoms with Crippen molar-refractivity contribution in [2.45, 2.75) is 39.3 Å². The van der Waals surface area contributed by atoms with Crippen LogP contribution in [0.3, 0.4) is 0 Å². The number of rotatable bonds is 3. The third kappa shape index (κ3) is 2.56. The number of carbonyl (C=O) groups excluding carboxylic acids is 1. The van der Waals surface area contributed by atoms with Gasteiger partial charge in [0.25, 0.3) is 5.91 Å². The molecule has 1 saturated carbocycles. The monoisotopic (exact) mass is 325 g/mol. The first-order chi connectivity index (χ1) is 8.87. The van der Waals surface area contributed by atoms with Gasteiger partial charge in [-0.1, -0.05) is 35.8 Å². The Morgan fingerprint density at radius 2 is 2.16 bits per heavy atom. The van der Waals surface area contributed by atoms with Crippen LogP contribution in [0, 0.1) is 12.3 Å². The van der Waals surface area contributed by atoms with Crippen LogP contribution in [0.2, 0.25) is 0 Å². The van der Waals surface area contributed by atoms with Crippen molar-refractivity contribution in [1.29, 1.82) is 0 Å².